The summed E-state index contributed by atoms with van der Waals surface area (Å²) in [5.41, 5.74) is 0.884. The van der Waals surface area contributed by atoms with Crippen LogP contribution in [0.5, 0.6) is 0 Å². The molecule has 0 aliphatic carbocycles. The molecule has 1 N–H and O–H groups in total. The summed E-state index contributed by atoms with van der Waals surface area (Å²) in [7, 11) is 1.93. The molecule has 5 heteroatoms. The highest BCUT2D eigenvalue weighted by Crippen LogP contribution is 2.34. The van der Waals surface area contributed by atoms with E-state index in [1.807, 2.05) is 24.9 Å². The number of nitrogens with zero attached hydrogens (tertiary/aromatic N) is 3. The van der Waals surface area contributed by atoms with Crippen LogP contribution in [0.1, 0.15) is 52.3 Å². The maximum absolute atomic E-state index is 6.09. The lowest BCUT2D eigenvalue weighted by Crippen LogP contribution is -2.46. The lowest BCUT2D eigenvalue weighted by Gasteiger charge is -2.39. The normalized spacial score (nSPS) is 13.8. The third kappa shape index (κ3) is 2.90. The number of likely N-dealkylation sites (N-methyl/N-ethyl adjacent to an activating group) is 1. The SMILES string of the molecule is CCNC(c1cnnn1C)C(CC)(CC)OCC. The number of hydrogen-bond donors (Lipinski definition) is 1. The molecule has 104 valence electrons. The molecule has 0 saturated carbocycles. The highest BCUT2D eigenvalue weighted by atomic mass is 16.5. The third-order valence-electron chi connectivity index (χ3n) is 3.61. The van der Waals surface area contributed by atoms with Gasteiger partial charge in [-0.15, -0.1) is 5.10 Å². The summed E-state index contributed by atoms with van der Waals surface area (Å²) in [6.45, 7) is 10.1. The van der Waals surface area contributed by atoms with E-state index in [1.54, 1.807) is 0 Å². The topological polar surface area (TPSA) is 52.0 Å². The van der Waals surface area contributed by atoms with Gasteiger partial charge in [0.2, 0.25) is 0 Å². The van der Waals surface area contributed by atoms with Crippen molar-refractivity contribution in [3.8, 4) is 0 Å². The third-order valence-corrected chi connectivity index (χ3v) is 3.61. The van der Waals surface area contributed by atoms with Crippen molar-refractivity contribution in [1.29, 1.82) is 0 Å². The maximum Gasteiger partial charge on any atom is 0.0886 e. The van der Waals surface area contributed by atoms with Crippen LogP contribution in [-0.2, 0) is 11.8 Å². The van der Waals surface area contributed by atoms with Gasteiger partial charge in [0.05, 0.1) is 23.5 Å². The van der Waals surface area contributed by atoms with Crippen molar-refractivity contribution >= 4 is 0 Å². The van der Waals surface area contributed by atoms with E-state index in [1.165, 1.54) is 0 Å². The zero-order chi connectivity index (χ0) is 13.6. The fourth-order valence-corrected chi connectivity index (χ4v) is 2.56. The molecule has 1 rings (SSSR count). The Labute approximate surface area is 110 Å². The van der Waals surface area contributed by atoms with Gasteiger partial charge >= 0.3 is 0 Å². The molecule has 0 bridgehead atoms. The van der Waals surface area contributed by atoms with Gasteiger partial charge in [-0.3, -0.25) is 4.68 Å². The lowest BCUT2D eigenvalue weighted by atomic mass is 9.86. The molecule has 1 unspecified atom stereocenters. The largest absolute Gasteiger partial charge is 0.373 e. The second kappa shape index (κ2) is 6.85. The van der Waals surface area contributed by atoms with Gasteiger partial charge in [0.15, 0.2) is 0 Å². The van der Waals surface area contributed by atoms with Crippen molar-refractivity contribution in [1.82, 2.24) is 20.3 Å². The van der Waals surface area contributed by atoms with Crippen molar-refractivity contribution in [2.75, 3.05) is 13.2 Å². The Morgan fingerprint density at radius 1 is 1.33 bits per heavy atom. The summed E-state index contributed by atoms with van der Waals surface area (Å²) in [4.78, 5) is 0. The second-order valence-electron chi connectivity index (χ2n) is 4.48. The summed E-state index contributed by atoms with van der Waals surface area (Å²) in [6.07, 6.45) is 3.74. The van der Waals surface area contributed by atoms with Crippen LogP contribution in [0.2, 0.25) is 0 Å². The lowest BCUT2D eigenvalue weighted by molar-refractivity contribution is -0.0746. The monoisotopic (exact) mass is 254 g/mol. The maximum atomic E-state index is 6.09. The van der Waals surface area contributed by atoms with E-state index in [-0.39, 0.29) is 11.6 Å². The number of hydrogen-bond acceptors (Lipinski definition) is 4. The minimum atomic E-state index is -0.194. The molecule has 0 saturated heterocycles. The average molecular weight is 254 g/mol. The van der Waals surface area contributed by atoms with Crippen LogP contribution < -0.4 is 5.32 Å². The Morgan fingerprint density at radius 2 is 2.00 bits per heavy atom. The van der Waals surface area contributed by atoms with E-state index in [0.717, 1.165) is 31.7 Å². The van der Waals surface area contributed by atoms with Crippen LogP contribution >= 0.6 is 0 Å². The quantitative estimate of drug-likeness (QED) is 0.771. The molecule has 0 aromatic carbocycles. The number of rotatable bonds is 8. The summed E-state index contributed by atoms with van der Waals surface area (Å²) < 4.78 is 7.92. The minimum Gasteiger partial charge on any atom is -0.373 e. The van der Waals surface area contributed by atoms with Crippen LogP contribution in [-0.4, -0.2) is 33.7 Å². The Bertz CT molecular complexity index is 347. The first-order valence-corrected chi connectivity index (χ1v) is 6.87. The van der Waals surface area contributed by atoms with Crippen LogP contribution in [0.4, 0.5) is 0 Å². The van der Waals surface area contributed by atoms with E-state index in [9.17, 15) is 0 Å². The number of nitrogens with one attached hydrogen (secondary N) is 1. The molecular formula is C13H26N4O. The molecule has 1 heterocycles. The van der Waals surface area contributed by atoms with Gasteiger partial charge in [0.25, 0.3) is 0 Å². The first kappa shape index (κ1) is 15.1. The molecule has 1 atom stereocenters. The van der Waals surface area contributed by atoms with Gasteiger partial charge in [-0.1, -0.05) is 26.0 Å². The number of ether oxygens (including phenoxy) is 1. The van der Waals surface area contributed by atoms with Crippen molar-refractivity contribution in [2.24, 2.45) is 7.05 Å². The zero-order valence-corrected chi connectivity index (χ0v) is 12.2. The van der Waals surface area contributed by atoms with E-state index < -0.39 is 0 Å². The standard InChI is InChI=1S/C13H26N4O/c1-6-13(7-2,18-9-4)12(14-8-3)11-10-15-16-17(11)5/h10,12,14H,6-9H2,1-5H3. The van der Waals surface area contributed by atoms with Crippen LogP contribution in [0.3, 0.4) is 0 Å². The first-order chi connectivity index (χ1) is 8.65. The fourth-order valence-electron chi connectivity index (χ4n) is 2.56. The van der Waals surface area contributed by atoms with Crippen molar-refractivity contribution in [3.05, 3.63) is 11.9 Å². The molecule has 0 radical (unpaired) electrons. The molecule has 5 nitrogen and oxygen atoms in total. The molecule has 1 aromatic heterocycles. The van der Waals surface area contributed by atoms with Gasteiger partial charge in [-0.25, -0.2) is 0 Å². The predicted molar refractivity (Wildman–Crippen MR) is 72.4 cm³/mol. The Kier molecular flexibility index (Phi) is 5.75. The molecule has 18 heavy (non-hydrogen) atoms. The summed E-state index contributed by atoms with van der Waals surface area (Å²) in [5.74, 6) is 0. The second-order valence-corrected chi connectivity index (χ2v) is 4.48. The van der Waals surface area contributed by atoms with Crippen LogP contribution in [0.25, 0.3) is 0 Å². The first-order valence-electron chi connectivity index (χ1n) is 6.87. The Hall–Kier alpha value is -0.940. The number of aromatic nitrogens is 3. The van der Waals surface area contributed by atoms with E-state index in [0.29, 0.717) is 0 Å². The van der Waals surface area contributed by atoms with Crippen LogP contribution in [0, 0.1) is 0 Å². The predicted octanol–water partition coefficient (Wildman–Crippen LogP) is 2.06. The highest BCUT2D eigenvalue weighted by Gasteiger charge is 2.38. The van der Waals surface area contributed by atoms with Gasteiger partial charge in [0, 0.05) is 13.7 Å². The summed E-state index contributed by atoms with van der Waals surface area (Å²) in [5, 5.41) is 11.5. The van der Waals surface area contributed by atoms with Gasteiger partial charge in [-0.05, 0) is 26.3 Å². The van der Waals surface area contributed by atoms with Gasteiger partial charge in [0.1, 0.15) is 0 Å². The zero-order valence-electron chi connectivity index (χ0n) is 12.2. The Balaban J connectivity index is 3.12. The van der Waals surface area contributed by atoms with E-state index in [2.05, 4.69) is 36.4 Å². The average Bonchev–Trinajstić information content (AvgIpc) is 2.80. The summed E-state index contributed by atoms with van der Waals surface area (Å²) in [6, 6.07) is 0.123. The van der Waals surface area contributed by atoms with Crippen molar-refractivity contribution in [3.63, 3.8) is 0 Å². The van der Waals surface area contributed by atoms with Gasteiger partial charge in [-0.2, -0.15) is 0 Å². The minimum absolute atomic E-state index is 0.123. The van der Waals surface area contributed by atoms with E-state index >= 15 is 0 Å². The molecule has 0 aliphatic heterocycles. The summed E-state index contributed by atoms with van der Waals surface area (Å²) >= 11 is 0. The van der Waals surface area contributed by atoms with Crippen LogP contribution in [0.15, 0.2) is 6.20 Å². The fraction of sp³-hybridized carbons (Fsp3) is 0.846. The van der Waals surface area contributed by atoms with E-state index in [4.69, 9.17) is 4.74 Å². The number of aryl methyl sites for hydroxylation is 1. The molecule has 0 aliphatic rings. The molecule has 1 aromatic rings. The Morgan fingerprint density at radius 3 is 2.39 bits per heavy atom. The smallest absolute Gasteiger partial charge is 0.0886 e. The molecular weight excluding hydrogens is 228 g/mol. The highest BCUT2D eigenvalue weighted by molar-refractivity contribution is 5.10. The van der Waals surface area contributed by atoms with Crippen molar-refractivity contribution < 1.29 is 4.74 Å². The van der Waals surface area contributed by atoms with Crippen molar-refractivity contribution in [2.45, 2.75) is 52.2 Å². The molecule has 0 amide bonds. The molecule has 0 fully saturated rings. The van der Waals surface area contributed by atoms with Gasteiger partial charge < -0.3 is 10.1 Å². The molecule has 0 spiro atoms.